The second-order valence-electron chi connectivity index (χ2n) is 3.98. The Morgan fingerprint density at radius 2 is 2.05 bits per heavy atom. The molecule has 19 heavy (non-hydrogen) atoms. The molecule has 98 valence electrons. The lowest BCUT2D eigenvalue weighted by Gasteiger charge is -2.09. The second-order valence-corrected chi connectivity index (χ2v) is 4.41. The van der Waals surface area contributed by atoms with Crippen LogP contribution in [0.15, 0.2) is 42.5 Å². The van der Waals surface area contributed by atoms with Crippen LogP contribution in [0.2, 0.25) is 5.02 Å². The number of carboxylic acids is 1. The van der Waals surface area contributed by atoms with Crippen molar-refractivity contribution in [3.05, 3.63) is 58.6 Å². The molecule has 4 nitrogen and oxygen atoms in total. The van der Waals surface area contributed by atoms with E-state index in [0.717, 1.165) is 5.56 Å². The van der Waals surface area contributed by atoms with Crippen molar-refractivity contribution in [3.8, 4) is 5.75 Å². The summed E-state index contributed by atoms with van der Waals surface area (Å²) < 4.78 is 5.54. The third-order valence-electron chi connectivity index (χ3n) is 2.54. The minimum atomic E-state index is -1.02. The Morgan fingerprint density at radius 3 is 2.68 bits per heavy atom. The molecule has 0 bridgehead atoms. The number of halogens is 1. The maximum atomic E-state index is 10.8. The summed E-state index contributed by atoms with van der Waals surface area (Å²) in [5.41, 5.74) is 7.08. The third-order valence-corrected chi connectivity index (χ3v) is 2.78. The summed E-state index contributed by atoms with van der Waals surface area (Å²) in [5, 5.41) is 9.46. The molecule has 0 saturated heterocycles. The van der Waals surface area contributed by atoms with E-state index in [9.17, 15) is 4.79 Å². The van der Waals surface area contributed by atoms with Gasteiger partial charge in [-0.3, -0.25) is 0 Å². The molecular formula is C14H12ClNO3. The minimum absolute atomic E-state index is 0.132. The van der Waals surface area contributed by atoms with E-state index in [1.165, 1.54) is 12.1 Å². The Balaban J connectivity index is 2.10. The number of rotatable bonds is 4. The summed E-state index contributed by atoms with van der Waals surface area (Å²) in [6.07, 6.45) is 0. The summed E-state index contributed by atoms with van der Waals surface area (Å²) in [5.74, 6) is -0.571. The highest BCUT2D eigenvalue weighted by Gasteiger charge is 2.07. The van der Waals surface area contributed by atoms with E-state index in [4.69, 9.17) is 27.2 Å². The maximum Gasteiger partial charge on any atom is 0.335 e. The number of ether oxygens (including phenoxy) is 1. The molecule has 0 fully saturated rings. The summed E-state index contributed by atoms with van der Waals surface area (Å²) in [7, 11) is 0. The van der Waals surface area contributed by atoms with E-state index in [0.29, 0.717) is 23.1 Å². The lowest BCUT2D eigenvalue weighted by molar-refractivity contribution is 0.0697. The van der Waals surface area contributed by atoms with Crippen LogP contribution in [0.1, 0.15) is 15.9 Å². The molecule has 3 N–H and O–H groups in total. The van der Waals surface area contributed by atoms with Crippen LogP contribution in [0.3, 0.4) is 0 Å². The fourth-order valence-corrected chi connectivity index (χ4v) is 1.81. The first-order chi connectivity index (χ1) is 9.06. The third kappa shape index (κ3) is 3.39. The quantitative estimate of drug-likeness (QED) is 0.842. The van der Waals surface area contributed by atoms with Crippen molar-refractivity contribution < 1.29 is 14.6 Å². The van der Waals surface area contributed by atoms with Crippen LogP contribution in [0.5, 0.6) is 5.75 Å². The average Bonchev–Trinajstić information content (AvgIpc) is 2.37. The normalized spacial score (nSPS) is 10.2. The Hall–Kier alpha value is -2.20. The van der Waals surface area contributed by atoms with Gasteiger partial charge in [0.2, 0.25) is 0 Å². The SMILES string of the molecule is Nc1cc(C(=O)O)ccc1OCc1cccc(Cl)c1. The predicted molar refractivity (Wildman–Crippen MR) is 73.6 cm³/mol. The van der Waals surface area contributed by atoms with E-state index in [2.05, 4.69) is 0 Å². The standard InChI is InChI=1S/C14H12ClNO3/c15-11-3-1-2-9(6-11)8-19-13-5-4-10(14(17)18)7-12(13)16/h1-7H,8,16H2,(H,17,18). The molecule has 0 saturated carbocycles. The number of carboxylic acid groups (broad SMARTS) is 1. The smallest absolute Gasteiger partial charge is 0.335 e. The number of nitrogen functional groups attached to an aromatic ring is 1. The van der Waals surface area contributed by atoms with Crippen LogP contribution in [0.25, 0.3) is 0 Å². The zero-order valence-corrected chi connectivity index (χ0v) is 10.7. The molecule has 0 unspecified atom stereocenters. The largest absolute Gasteiger partial charge is 0.487 e. The number of hydrogen-bond acceptors (Lipinski definition) is 3. The first-order valence-electron chi connectivity index (χ1n) is 5.56. The topological polar surface area (TPSA) is 72.6 Å². The molecule has 0 spiro atoms. The van der Waals surface area contributed by atoms with Gasteiger partial charge in [0.1, 0.15) is 12.4 Å². The monoisotopic (exact) mass is 277 g/mol. The molecule has 0 aromatic heterocycles. The summed E-state index contributed by atoms with van der Waals surface area (Å²) in [4.78, 5) is 10.8. The van der Waals surface area contributed by atoms with Gasteiger partial charge in [-0.05, 0) is 35.9 Å². The van der Waals surface area contributed by atoms with E-state index in [1.54, 1.807) is 18.2 Å². The summed E-state index contributed by atoms with van der Waals surface area (Å²) in [6.45, 7) is 0.317. The molecule has 0 aliphatic rings. The Bertz CT molecular complexity index is 613. The van der Waals surface area contributed by atoms with Crippen molar-refractivity contribution in [2.24, 2.45) is 0 Å². The number of carbonyl (C=O) groups is 1. The van der Waals surface area contributed by atoms with Crippen molar-refractivity contribution in [1.29, 1.82) is 0 Å². The first kappa shape index (κ1) is 13.2. The van der Waals surface area contributed by atoms with Crippen LogP contribution in [0, 0.1) is 0 Å². The van der Waals surface area contributed by atoms with Gasteiger partial charge in [0, 0.05) is 5.02 Å². The van der Waals surface area contributed by atoms with Crippen LogP contribution < -0.4 is 10.5 Å². The van der Waals surface area contributed by atoms with Crippen molar-refractivity contribution >= 4 is 23.3 Å². The maximum absolute atomic E-state index is 10.8. The Morgan fingerprint density at radius 1 is 1.26 bits per heavy atom. The lowest BCUT2D eigenvalue weighted by Crippen LogP contribution is -2.02. The fraction of sp³-hybridized carbons (Fsp3) is 0.0714. The van der Waals surface area contributed by atoms with Crippen molar-refractivity contribution in [3.63, 3.8) is 0 Å². The van der Waals surface area contributed by atoms with Gasteiger partial charge < -0.3 is 15.6 Å². The van der Waals surface area contributed by atoms with Crippen molar-refractivity contribution in [2.75, 3.05) is 5.73 Å². The highest BCUT2D eigenvalue weighted by atomic mass is 35.5. The molecule has 2 aromatic rings. The van der Waals surface area contributed by atoms with E-state index < -0.39 is 5.97 Å². The van der Waals surface area contributed by atoms with Crippen molar-refractivity contribution in [1.82, 2.24) is 0 Å². The zero-order valence-electron chi connectivity index (χ0n) is 9.97. The molecule has 0 amide bonds. The minimum Gasteiger partial charge on any atom is -0.487 e. The molecule has 2 rings (SSSR count). The van der Waals surface area contributed by atoms with Gasteiger partial charge in [0.25, 0.3) is 0 Å². The summed E-state index contributed by atoms with van der Waals surface area (Å²) in [6, 6.07) is 11.7. The van der Waals surface area contributed by atoms with Crippen molar-refractivity contribution in [2.45, 2.75) is 6.61 Å². The van der Waals surface area contributed by atoms with Gasteiger partial charge in [-0.2, -0.15) is 0 Å². The van der Waals surface area contributed by atoms with Crippen LogP contribution in [0.4, 0.5) is 5.69 Å². The van der Waals surface area contributed by atoms with E-state index >= 15 is 0 Å². The highest BCUT2D eigenvalue weighted by molar-refractivity contribution is 6.30. The second kappa shape index (κ2) is 5.63. The number of benzene rings is 2. The number of aromatic carboxylic acids is 1. The average molecular weight is 278 g/mol. The van der Waals surface area contributed by atoms with Gasteiger partial charge in [0.15, 0.2) is 0 Å². The molecule has 0 atom stereocenters. The Kier molecular flexibility index (Phi) is 3.92. The van der Waals surface area contributed by atoms with E-state index in [1.807, 2.05) is 12.1 Å². The first-order valence-corrected chi connectivity index (χ1v) is 5.94. The molecule has 5 heteroatoms. The number of hydrogen-bond donors (Lipinski definition) is 2. The number of anilines is 1. The van der Waals surface area contributed by atoms with Crippen LogP contribution in [-0.4, -0.2) is 11.1 Å². The molecule has 2 aromatic carbocycles. The summed E-state index contributed by atoms with van der Waals surface area (Å²) >= 11 is 5.87. The lowest BCUT2D eigenvalue weighted by atomic mass is 10.2. The Labute approximate surface area is 115 Å². The van der Waals surface area contributed by atoms with Gasteiger partial charge in [-0.15, -0.1) is 0 Å². The van der Waals surface area contributed by atoms with Gasteiger partial charge in [-0.25, -0.2) is 4.79 Å². The zero-order chi connectivity index (χ0) is 13.8. The molecule has 0 radical (unpaired) electrons. The van der Waals surface area contributed by atoms with E-state index in [-0.39, 0.29) is 5.56 Å². The molecule has 0 aliphatic carbocycles. The molecule has 0 heterocycles. The molecule has 0 aliphatic heterocycles. The van der Waals surface area contributed by atoms with Gasteiger partial charge in [-0.1, -0.05) is 23.7 Å². The van der Waals surface area contributed by atoms with Crippen LogP contribution in [-0.2, 0) is 6.61 Å². The van der Waals surface area contributed by atoms with Gasteiger partial charge >= 0.3 is 5.97 Å². The fourth-order valence-electron chi connectivity index (χ4n) is 1.60. The number of nitrogens with two attached hydrogens (primary N) is 1. The van der Waals surface area contributed by atoms with Crippen LogP contribution >= 0.6 is 11.6 Å². The predicted octanol–water partition coefficient (Wildman–Crippen LogP) is 3.20. The highest BCUT2D eigenvalue weighted by Crippen LogP contribution is 2.24. The van der Waals surface area contributed by atoms with Gasteiger partial charge in [0.05, 0.1) is 11.3 Å². The molecular weight excluding hydrogens is 266 g/mol.